The quantitative estimate of drug-likeness (QED) is 0.161. The maximum atomic E-state index is 13.5. The monoisotopic (exact) mass is 656 g/mol. The van der Waals surface area contributed by atoms with E-state index in [1.807, 2.05) is 0 Å². The average Bonchev–Trinajstić information content (AvgIpc) is 3.45. The predicted molar refractivity (Wildman–Crippen MR) is 168 cm³/mol. The summed E-state index contributed by atoms with van der Waals surface area (Å²) in [5.74, 6) is 0.308. The average molecular weight is 657 g/mol. The lowest BCUT2D eigenvalue weighted by molar-refractivity contribution is -0.115. The van der Waals surface area contributed by atoms with Crippen molar-refractivity contribution in [2.45, 2.75) is 24.4 Å². The fourth-order valence-electron chi connectivity index (χ4n) is 4.37. The van der Waals surface area contributed by atoms with Crippen molar-refractivity contribution in [3.63, 3.8) is 0 Å². The third-order valence-electron chi connectivity index (χ3n) is 6.58. The standard InChI is InChI=1S/C30H26ClFN4O6S2/c31-23-9-20(4-5-26(23)41-15-17-2-1-3-19(32)8-17)35-29-18(12-33)13-34-24-11-27(42-16-21(38)14-37)25(10-22(24)29)36-30(39)28-6-7-43-44(28)40/h1-5,8-11,13,21,28,37-38H,6-7,14-16H2,(H,34,35)(H,36,39). The van der Waals surface area contributed by atoms with Gasteiger partial charge < -0.3 is 30.3 Å². The highest BCUT2D eigenvalue weighted by atomic mass is 35.5. The molecule has 0 radical (unpaired) electrons. The molecule has 2 heterocycles. The van der Waals surface area contributed by atoms with Crippen molar-refractivity contribution in [3.05, 3.63) is 82.8 Å². The number of nitriles is 1. The van der Waals surface area contributed by atoms with Crippen molar-refractivity contribution in [2.75, 3.05) is 29.6 Å². The normalized spacial score (nSPS) is 16.7. The smallest absolute Gasteiger partial charge is 0.241 e. The van der Waals surface area contributed by atoms with Gasteiger partial charge in [-0.05, 0) is 48.4 Å². The minimum Gasteiger partial charge on any atom is -0.489 e. The molecule has 1 aliphatic rings. The molecule has 4 aromatic rings. The van der Waals surface area contributed by atoms with Crippen molar-refractivity contribution in [2.24, 2.45) is 0 Å². The number of carbonyl (C=O) groups is 1. The van der Waals surface area contributed by atoms with Crippen LogP contribution in [0.15, 0.2) is 60.8 Å². The lowest BCUT2D eigenvalue weighted by atomic mass is 10.1. The highest BCUT2D eigenvalue weighted by Crippen LogP contribution is 2.38. The fraction of sp³-hybridized carbons (Fsp3) is 0.233. The molecule has 228 valence electrons. The lowest BCUT2D eigenvalue weighted by Gasteiger charge is -2.18. The first-order valence-corrected chi connectivity index (χ1v) is 16.4. The van der Waals surface area contributed by atoms with Gasteiger partial charge in [-0.1, -0.05) is 34.5 Å². The number of aliphatic hydroxyl groups excluding tert-OH is 2. The van der Waals surface area contributed by atoms with E-state index in [0.717, 1.165) is 0 Å². The second kappa shape index (κ2) is 14.2. The topological polar surface area (TPSA) is 154 Å². The van der Waals surface area contributed by atoms with Gasteiger partial charge in [-0.15, -0.1) is 0 Å². The summed E-state index contributed by atoms with van der Waals surface area (Å²) in [4.78, 5) is 17.4. The van der Waals surface area contributed by atoms with E-state index in [0.29, 0.717) is 45.8 Å². The third-order valence-corrected chi connectivity index (χ3v) is 10.3. The van der Waals surface area contributed by atoms with Crippen molar-refractivity contribution < 1.29 is 33.1 Å². The molecule has 10 nitrogen and oxygen atoms in total. The van der Waals surface area contributed by atoms with Crippen molar-refractivity contribution >= 4 is 66.1 Å². The molecule has 4 N–H and O–H groups in total. The van der Waals surface area contributed by atoms with Gasteiger partial charge in [-0.3, -0.25) is 9.78 Å². The molecule has 1 fully saturated rings. The minimum atomic E-state index is -1.38. The number of nitrogens with zero attached hydrogens (tertiary/aromatic N) is 2. The summed E-state index contributed by atoms with van der Waals surface area (Å²) in [6.07, 6.45) is 0.669. The van der Waals surface area contributed by atoms with Gasteiger partial charge in [0, 0.05) is 29.1 Å². The Morgan fingerprint density at radius 2 is 2.07 bits per heavy atom. The first-order chi connectivity index (χ1) is 21.2. The number of hydrogen-bond acceptors (Lipinski definition) is 10. The molecule has 0 bridgehead atoms. The van der Waals surface area contributed by atoms with Gasteiger partial charge in [0.05, 0.1) is 43.9 Å². The molecule has 1 aliphatic heterocycles. The van der Waals surface area contributed by atoms with Crippen molar-refractivity contribution in [3.8, 4) is 17.6 Å². The number of fused-ring (bicyclic) bond motifs is 1. The Balaban J connectivity index is 1.46. The van der Waals surface area contributed by atoms with Gasteiger partial charge in [0.15, 0.2) is 0 Å². The fourth-order valence-corrected chi connectivity index (χ4v) is 7.78. The number of halogens is 2. The highest BCUT2D eigenvalue weighted by molar-refractivity contribution is 8.70. The summed E-state index contributed by atoms with van der Waals surface area (Å²) in [6, 6.07) is 16.2. The molecular weight excluding hydrogens is 631 g/mol. The summed E-state index contributed by atoms with van der Waals surface area (Å²) in [5, 5.41) is 34.9. The van der Waals surface area contributed by atoms with Gasteiger partial charge in [0.25, 0.3) is 0 Å². The Hall–Kier alpha value is -3.93. The molecule has 44 heavy (non-hydrogen) atoms. The van der Waals surface area contributed by atoms with Crippen LogP contribution in [0, 0.1) is 17.1 Å². The summed E-state index contributed by atoms with van der Waals surface area (Å²) < 4.78 is 37.3. The molecule has 14 heteroatoms. The summed E-state index contributed by atoms with van der Waals surface area (Å²) >= 11 is 6.49. The van der Waals surface area contributed by atoms with E-state index in [1.165, 1.54) is 35.2 Å². The summed E-state index contributed by atoms with van der Waals surface area (Å²) in [7, 11) is -0.171. The first-order valence-electron chi connectivity index (χ1n) is 13.3. The molecule has 3 unspecified atom stereocenters. The molecule has 3 atom stereocenters. The maximum absolute atomic E-state index is 13.5. The predicted octanol–water partition coefficient (Wildman–Crippen LogP) is 5.06. The molecule has 0 aliphatic carbocycles. The third kappa shape index (κ3) is 7.40. The van der Waals surface area contributed by atoms with Crippen LogP contribution in [-0.4, -0.2) is 55.6 Å². The molecule has 3 aromatic carbocycles. The highest BCUT2D eigenvalue weighted by Gasteiger charge is 2.31. The van der Waals surface area contributed by atoms with Gasteiger partial charge in [0.2, 0.25) is 5.91 Å². The number of benzene rings is 3. The molecule has 1 aromatic heterocycles. The van der Waals surface area contributed by atoms with Crippen LogP contribution in [0.1, 0.15) is 17.5 Å². The van der Waals surface area contributed by atoms with Crippen LogP contribution in [0.25, 0.3) is 10.9 Å². The zero-order chi connectivity index (χ0) is 31.2. The number of amides is 1. The second-order valence-electron chi connectivity index (χ2n) is 9.71. The Labute approximate surface area is 263 Å². The van der Waals surface area contributed by atoms with Crippen molar-refractivity contribution in [1.82, 2.24) is 4.98 Å². The van der Waals surface area contributed by atoms with E-state index in [2.05, 4.69) is 21.7 Å². The number of anilines is 3. The molecule has 5 rings (SSSR count). The largest absolute Gasteiger partial charge is 0.489 e. The van der Waals surface area contributed by atoms with E-state index >= 15 is 0 Å². The van der Waals surface area contributed by atoms with Crippen molar-refractivity contribution in [1.29, 1.82) is 5.26 Å². The number of aromatic nitrogens is 1. The minimum absolute atomic E-state index is 0.110. The van der Waals surface area contributed by atoms with E-state index < -0.39 is 33.7 Å². The Morgan fingerprint density at radius 1 is 1.23 bits per heavy atom. The summed E-state index contributed by atoms with van der Waals surface area (Å²) in [5.41, 5.74) is 2.35. The van der Waals surface area contributed by atoms with Gasteiger partial charge in [-0.2, -0.15) is 5.26 Å². The van der Waals surface area contributed by atoms with Gasteiger partial charge in [-0.25, -0.2) is 8.60 Å². The summed E-state index contributed by atoms with van der Waals surface area (Å²) in [6.45, 7) is -0.675. The van der Waals surface area contributed by atoms with E-state index in [4.69, 9.17) is 21.1 Å². The lowest BCUT2D eigenvalue weighted by Crippen LogP contribution is -2.28. The van der Waals surface area contributed by atoms with Crippen LogP contribution in [0.3, 0.4) is 0 Å². The molecular formula is C30H26ClFN4O6S2. The Morgan fingerprint density at radius 3 is 2.77 bits per heavy atom. The number of aliphatic hydroxyl groups is 2. The van der Waals surface area contributed by atoms with E-state index in [1.54, 1.807) is 36.4 Å². The molecule has 1 amide bonds. The second-order valence-corrected chi connectivity index (χ2v) is 13.5. The van der Waals surface area contributed by atoms with E-state index in [-0.39, 0.29) is 41.1 Å². The molecule has 0 saturated carbocycles. The number of pyridine rings is 1. The van der Waals surface area contributed by atoms with Crippen LogP contribution < -0.4 is 20.1 Å². The maximum Gasteiger partial charge on any atom is 0.241 e. The number of hydrogen-bond donors (Lipinski definition) is 4. The van der Waals surface area contributed by atoms with Crippen LogP contribution >= 0.6 is 22.4 Å². The van der Waals surface area contributed by atoms with Gasteiger partial charge >= 0.3 is 0 Å². The zero-order valence-corrected chi connectivity index (χ0v) is 25.3. The number of carbonyl (C=O) groups excluding carboxylic acids is 1. The zero-order valence-electron chi connectivity index (χ0n) is 23.0. The Bertz CT molecular complexity index is 1770. The number of ether oxygens (including phenoxy) is 2. The SMILES string of the molecule is N#Cc1cnc2cc(OCC(O)CO)c(NC(=O)C3CCSS3=O)cc2c1Nc1ccc(OCc2cccc(F)c2)c(Cl)c1. The number of nitrogens with one attached hydrogen (secondary N) is 2. The van der Waals surface area contributed by atoms with Crippen LogP contribution in [0.4, 0.5) is 21.5 Å². The van der Waals surface area contributed by atoms with Gasteiger partial charge in [0.1, 0.15) is 48.0 Å². The Kier molecular flexibility index (Phi) is 10.2. The number of rotatable bonds is 11. The first kappa shape index (κ1) is 31.5. The van der Waals surface area contributed by atoms with Crippen LogP contribution in [0.2, 0.25) is 5.02 Å². The van der Waals surface area contributed by atoms with Crippen LogP contribution in [-0.2, 0) is 21.2 Å². The molecule has 0 spiro atoms. The van der Waals surface area contributed by atoms with E-state index in [9.17, 15) is 28.9 Å². The molecule has 1 saturated heterocycles. The van der Waals surface area contributed by atoms with Crippen LogP contribution in [0.5, 0.6) is 11.5 Å².